The molecule has 0 N–H and O–H groups in total. The average Bonchev–Trinajstić information content (AvgIpc) is 2.51. The molecule has 0 bridgehead atoms. The maximum Gasteiger partial charge on any atom is 0.348 e. The van der Waals surface area contributed by atoms with Gasteiger partial charge in [-0.25, -0.2) is 4.79 Å². The number of aromatic nitrogens is 2. The molecule has 0 unspecified atom stereocenters. The number of benzene rings is 1. The quantitative estimate of drug-likeness (QED) is 0.868. The summed E-state index contributed by atoms with van der Waals surface area (Å²) in [6.07, 6.45) is 3.12. The molecule has 0 radical (unpaired) electrons. The molecule has 0 spiro atoms. The lowest BCUT2D eigenvalue weighted by Crippen LogP contribution is -2.34. The zero-order chi connectivity index (χ0) is 14.8. The van der Waals surface area contributed by atoms with Crippen LogP contribution in [0.1, 0.15) is 25.5 Å². The molecule has 4 heteroatoms. The van der Waals surface area contributed by atoms with Crippen LogP contribution in [0.15, 0.2) is 29.1 Å². The van der Waals surface area contributed by atoms with Crippen LogP contribution in [0.4, 0.5) is 0 Å². The van der Waals surface area contributed by atoms with E-state index in [2.05, 4.69) is 29.9 Å². The molecule has 2 heterocycles. The Morgan fingerprint density at radius 3 is 2.67 bits per heavy atom. The number of para-hydroxylation sites is 1. The molecule has 4 nitrogen and oxygen atoms in total. The van der Waals surface area contributed by atoms with Gasteiger partial charge in [-0.05, 0) is 51.4 Å². The van der Waals surface area contributed by atoms with Crippen LogP contribution < -0.4 is 5.69 Å². The van der Waals surface area contributed by atoms with Crippen molar-refractivity contribution in [2.45, 2.75) is 32.7 Å². The molecule has 1 saturated heterocycles. The Balaban J connectivity index is 1.98. The molecule has 112 valence electrons. The minimum atomic E-state index is -0.0931. The number of rotatable bonds is 3. The normalized spacial score (nSPS) is 17.4. The van der Waals surface area contributed by atoms with Crippen LogP contribution >= 0.6 is 0 Å². The van der Waals surface area contributed by atoms with Gasteiger partial charge < -0.3 is 4.90 Å². The highest BCUT2D eigenvalue weighted by atomic mass is 16.1. The average molecular weight is 285 g/mol. The van der Waals surface area contributed by atoms with E-state index in [0.29, 0.717) is 5.92 Å². The summed E-state index contributed by atoms with van der Waals surface area (Å²) in [7, 11) is 2.16. The molecule has 1 aromatic heterocycles. The van der Waals surface area contributed by atoms with E-state index >= 15 is 0 Å². The van der Waals surface area contributed by atoms with Crippen LogP contribution in [-0.4, -0.2) is 34.6 Å². The Morgan fingerprint density at radius 1 is 1.24 bits per heavy atom. The molecular weight excluding hydrogens is 262 g/mol. The number of nitrogens with zero attached hydrogens (tertiary/aromatic N) is 3. The van der Waals surface area contributed by atoms with Gasteiger partial charge in [-0.15, -0.1) is 0 Å². The minimum absolute atomic E-state index is 0.0931. The molecule has 0 aliphatic carbocycles. The number of aryl methyl sites for hydroxylation is 1. The molecule has 3 rings (SSSR count). The van der Waals surface area contributed by atoms with Gasteiger partial charge in [0.2, 0.25) is 0 Å². The van der Waals surface area contributed by atoms with Gasteiger partial charge in [0.05, 0.1) is 11.2 Å². The highest BCUT2D eigenvalue weighted by Crippen LogP contribution is 2.21. The van der Waals surface area contributed by atoms with Crippen molar-refractivity contribution in [1.29, 1.82) is 0 Å². The predicted molar refractivity (Wildman–Crippen MR) is 85.6 cm³/mol. The summed E-state index contributed by atoms with van der Waals surface area (Å²) >= 11 is 0. The second kappa shape index (κ2) is 5.98. The van der Waals surface area contributed by atoms with E-state index in [9.17, 15) is 4.79 Å². The molecule has 2 aromatic rings. The van der Waals surface area contributed by atoms with Crippen molar-refractivity contribution < 1.29 is 0 Å². The highest BCUT2D eigenvalue weighted by Gasteiger charge is 2.19. The zero-order valence-corrected chi connectivity index (χ0v) is 12.9. The van der Waals surface area contributed by atoms with Crippen LogP contribution in [0, 0.1) is 5.92 Å². The smallest absolute Gasteiger partial charge is 0.306 e. The Kier molecular flexibility index (Phi) is 4.06. The van der Waals surface area contributed by atoms with Gasteiger partial charge in [0.25, 0.3) is 0 Å². The molecule has 1 aliphatic heterocycles. The summed E-state index contributed by atoms with van der Waals surface area (Å²) in [5.74, 6) is 0.580. The van der Waals surface area contributed by atoms with Crippen molar-refractivity contribution in [2.24, 2.45) is 5.92 Å². The minimum Gasteiger partial charge on any atom is -0.306 e. The lowest BCUT2D eigenvalue weighted by Gasteiger charge is -2.29. The van der Waals surface area contributed by atoms with Crippen LogP contribution in [-0.2, 0) is 13.0 Å². The summed E-state index contributed by atoms with van der Waals surface area (Å²) in [5, 5.41) is 1.12. The molecule has 1 fully saturated rings. The predicted octanol–water partition coefficient (Wildman–Crippen LogP) is 2.30. The topological polar surface area (TPSA) is 38.1 Å². The number of likely N-dealkylation sites (tertiary alicyclic amines) is 1. The Bertz CT molecular complexity index is 684. The van der Waals surface area contributed by atoms with Crippen molar-refractivity contribution in [2.75, 3.05) is 20.1 Å². The van der Waals surface area contributed by atoms with Crippen molar-refractivity contribution >= 4 is 10.9 Å². The molecule has 21 heavy (non-hydrogen) atoms. The van der Waals surface area contributed by atoms with E-state index in [1.165, 1.54) is 0 Å². The highest BCUT2D eigenvalue weighted by molar-refractivity contribution is 5.81. The number of piperidine rings is 1. The molecule has 0 amide bonds. The molecule has 1 aromatic carbocycles. The zero-order valence-electron chi connectivity index (χ0n) is 12.9. The third kappa shape index (κ3) is 2.86. The lowest BCUT2D eigenvalue weighted by molar-refractivity contribution is 0.205. The van der Waals surface area contributed by atoms with Gasteiger partial charge in [0.1, 0.15) is 0 Å². The fourth-order valence-corrected chi connectivity index (χ4v) is 3.24. The summed E-state index contributed by atoms with van der Waals surface area (Å²) in [5.41, 5.74) is 1.85. The van der Waals surface area contributed by atoms with Gasteiger partial charge in [-0.3, -0.25) is 4.57 Å². The molecule has 0 atom stereocenters. The van der Waals surface area contributed by atoms with Crippen LogP contribution in [0.2, 0.25) is 0 Å². The van der Waals surface area contributed by atoms with Crippen molar-refractivity contribution in [3.8, 4) is 0 Å². The van der Waals surface area contributed by atoms with E-state index < -0.39 is 0 Å². The Hall–Kier alpha value is -1.68. The van der Waals surface area contributed by atoms with Gasteiger partial charge >= 0.3 is 5.69 Å². The maximum atomic E-state index is 12.4. The van der Waals surface area contributed by atoms with E-state index in [4.69, 9.17) is 0 Å². The van der Waals surface area contributed by atoms with Crippen molar-refractivity contribution in [3.63, 3.8) is 0 Å². The third-order valence-electron chi connectivity index (χ3n) is 4.58. The number of fused-ring (bicyclic) bond motifs is 1. The summed E-state index contributed by atoms with van der Waals surface area (Å²) < 4.78 is 1.88. The van der Waals surface area contributed by atoms with Crippen molar-refractivity contribution in [3.05, 3.63) is 40.4 Å². The molecule has 1 aliphatic rings. The Labute approximate surface area is 125 Å². The van der Waals surface area contributed by atoms with E-state index in [0.717, 1.165) is 55.5 Å². The maximum absolute atomic E-state index is 12.4. The van der Waals surface area contributed by atoms with E-state index in [1.807, 2.05) is 22.8 Å². The second-order valence-electron chi connectivity index (χ2n) is 6.07. The standard InChI is InChI=1S/C17H23N3O/c1-3-15-14-6-4-5-7-16(14)20(17(21)18-15)12-13-8-10-19(2)11-9-13/h4-7,13H,3,8-12H2,1-2H3. The summed E-state index contributed by atoms with van der Waals surface area (Å²) in [6.45, 7) is 5.09. The molecule has 0 saturated carbocycles. The number of hydrogen-bond acceptors (Lipinski definition) is 3. The SMILES string of the molecule is CCc1nc(=O)n(CC2CCN(C)CC2)c2ccccc12. The first-order valence-electron chi connectivity index (χ1n) is 7.86. The Morgan fingerprint density at radius 2 is 1.95 bits per heavy atom. The summed E-state index contributed by atoms with van der Waals surface area (Å²) in [4.78, 5) is 19.0. The first-order chi connectivity index (χ1) is 10.2. The second-order valence-corrected chi connectivity index (χ2v) is 6.07. The van der Waals surface area contributed by atoms with Crippen LogP contribution in [0.5, 0.6) is 0 Å². The first-order valence-corrected chi connectivity index (χ1v) is 7.86. The third-order valence-corrected chi connectivity index (χ3v) is 4.58. The summed E-state index contributed by atoms with van der Waals surface area (Å²) in [6, 6.07) is 8.15. The number of hydrogen-bond donors (Lipinski definition) is 0. The fraction of sp³-hybridized carbons (Fsp3) is 0.529. The van der Waals surface area contributed by atoms with E-state index in [1.54, 1.807) is 0 Å². The van der Waals surface area contributed by atoms with Gasteiger partial charge in [0, 0.05) is 11.9 Å². The lowest BCUT2D eigenvalue weighted by atomic mass is 9.97. The first kappa shape index (κ1) is 14.3. The van der Waals surface area contributed by atoms with Crippen LogP contribution in [0.3, 0.4) is 0 Å². The molecular formula is C17H23N3O. The van der Waals surface area contributed by atoms with E-state index in [-0.39, 0.29) is 5.69 Å². The van der Waals surface area contributed by atoms with Crippen molar-refractivity contribution in [1.82, 2.24) is 14.5 Å². The van der Waals surface area contributed by atoms with Gasteiger partial charge in [-0.1, -0.05) is 25.1 Å². The largest absolute Gasteiger partial charge is 0.348 e. The van der Waals surface area contributed by atoms with Gasteiger partial charge in [-0.2, -0.15) is 4.98 Å². The van der Waals surface area contributed by atoms with Gasteiger partial charge in [0.15, 0.2) is 0 Å². The van der Waals surface area contributed by atoms with Crippen LogP contribution in [0.25, 0.3) is 10.9 Å². The monoisotopic (exact) mass is 285 g/mol. The fourth-order valence-electron chi connectivity index (χ4n) is 3.24.